The van der Waals surface area contributed by atoms with Crippen LogP contribution in [0.25, 0.3) is 11.4 Å². The zero-order valence-corrected chi connectivity index (χ0v) is 18.6. The highest BCUT2D eigenvalue weighted by molar-refractivity contribution is 6.07. The number of allylic oxidation sites excluding steroid dienone is 1. The maximum atomic E-state index is 13.5. The number of aliphatic imine (C=N–C) groups is 1. The number of para-hydroxylation sites is 1. The normalized spacial score (nSPS) is 17.4. The van der Waals surface area contributed by atoms with Crippen molar-refractivity contribution in [3.05, 3.63) is 90.2 Å². The van der Waals surface area contributed by atoms with Crippen LogP contribution in [-0.4, -0.2) is 40.0 Å². The lowest BCUT2D eigenvalue weighted by molar-refractivity contribution is -0.141. The predicted molar refractivity (Wildman–Crippen MR) is 125 cm³/mol. The van der Waals surface area contributed by atoms with Gasteiger partial charge in [-0.3, -0.25) is 4.99 Å². The first-order chi connectivity index (χ1) is 16.4. The van der Waals surface area contributed by atoms with Crippen molar-refractivity contribution < 1.29 is 17.6 Å². The second-order valence-corrected chi connectivity index (χ2v) is 8.58. The Bertz CT molecular complexity index is 1210. The maximum Gasteiger partial charge on any atom is 0.435 e. The third-order valence-corrected chi connectivity index (χ3v) is 6.48. The number of furan rings is 1. The van der Waals surface area contributed by atoms with Crippen LogP contribution in [0.3, 0.4) is 0 Å². The molecule has 176 valence electrons. The van der Waals surface area contributed by atoms with Crippen molar-refractivity contribution in [2.45, 2.75) is 25.4 Å². The molecule has 0 N–H and O–H groups in total. The fourth-order valence-corrected chi connectivity index (χ4v) is 4.67. The molecule has 0 saturated carbocycles. The Morgan fingerprint density at radius 1 is 1.06 bits per heavy atom. The summed E-state index contributed by atoms with van der Waals surface area (Å²) >= 11 is 0. The minimum Gasteiger partial charge on any atom is -0.463 e. The van der Waals surface area contributed by atoms with Crippen LogP contribution in [0.5, 0.6) is 0 Å². The number of alkyl halides is 3. The molecule has 1 fully saturated rings. The van der Waals surface area contributed by atoms with E-state index < -0.39 is 11.9 Å². The molecular weight excluding hydrogens is 441 g/mol. The van der Waals surface area contributed by atoms with Gasteiger partial charge in [0.25, 0.3) is 0 Å². The number of hydrogen-bond acceptors (Lipinski definition) is 4. The molecule has 2 aromatic heterocycles. The molecule has 0 aliphatic carbocycles. The van der Waals surface area contributed by atoms with Crippen molar-refractivity contribution in [3.63, 3.8) is 0 Å². The average Bonchev–Trinajstić information content (AvgIpc) is 3.55. The van der Waals surface area contributed by atoms with Crippen LogP contribution < -0.4 is 0 Å². The van der Waals surface area contributed by atoms with Crippen molar-refractivity contribution >= 4 is 11.4 Å². The topological polar surface area (TPSA) is 46.6 Å². The summed E-state index contributed by atoms with van der Waals surface area (Å²) in [6, 6.07) is 13.7. The fraction of sp³-hybridized carbons (Fsp3) is 0.308. The van der Waals surface area contributed by atoms with Gasteiger partial charge < -0.3 is 9.32 Å². The molecule has 34 heavy (non-hydrogen) atoms. The molecule has 0 atom stereocenters. The van der Waals surface area contributed by atoms with Crippen LogP contribution in [0.1, 0.15) is 36.4 Å². The third kappa shape index (κ3) is 4.44. The summed E-state index contributed by atoms with van der Waals surface area (Å²) < 4.78 is 47.2. The van der Waals surface area contributed by atoms with E-state index in [1.54, 1.807) is 30.5 Å². The van der Waals surface area contributed by atoms with Crippen molar-refractivity contribution in [2.75, 3.05) is 19.6 Å². The van der Waals surface area contributed by atoms with Gasteiger partial charge in [-0.1, -0.05) is 30.4 Å². The second kappa shape index (κ2) is 9.00. The van der Waals surface area contributed by atoms with E-state index in [1.807, 2.05) is 18.2 Å². The number of benzene rings is 1. The Morgan fingerprint density at radius 2 is 1.82 bits per heavy atom. The Morgan fingerprint density at radius 3 is 2.50 bits per heavy atom. The average molecular weight is 467 g/mol. The van der Waals surface area contributed by atoms with Gasteiger partial charge in [-0.2, -0.15) is 18.3 Å². The van der Waals surface area contributed by atoms with Gasteiger partial charge in [-0.05, 0) is 61.6 Å². The lowest BCUT2D eigenvalue weighted by Crippen LogP contribution is -2.33. The first kappa shape index (κ1) is 22.3. The standard InChI is InChI=1S/C26H25F3N4O/c1-18(23-17-25(26(27,28)29)31-33(23)21-6-3-2-4-7-21)32-13-10-19(11-14-32)20-9-12-30-22(16-20)24-8-5-15-34-24/h2-8,15-17,19H,1,9-14H2. The SMILES string of the molecule is C=C(c1cc(C(F)(F)F)nn1-c1ccccc1)N1CCC(C2=CC(c3ccco3)=NCC2)CC1. The number of likely N-dealkylation sites (tertiary alicyclic amines) is 1. The molecule has 5 nitrogen and oxygen atoms in total. The zero-order chi connectivity index (χ0) is 23.7. The van der Waals surface area contributed by atoms with E-state index in [1.165, 1.54) is 10.3 Å². The Kier molecular flexibility index (Phi) is 5.89. The molecule has 0 spiro atoms. The van der Waals surface area contributed by atoms with Gasteiger partial charge in [0.05, 0.1) is 29.1 Å². The molecule has 4 heterocycles. The van der Waals surface area contributed by atoms with Crippen molar-refractivity contribution in [1.29, 1.82) is 0 Å². The highest BCUT2D eigenvalue weighted by Gasteiger charge is 2.36. The molecule has 0 radical (unpaired) electrons. The monoisotopic (exact) mass is 466 g/mol. The van der Waals surface area contributed by atoms with Crippen LogP contribution in [0.15, 0.2) is 82.4 Å². The number of aromatic nitrogens is 2. The minimum atomic E-state index is -4.53. The van der Waals surface area contributed by atoms with Crippen LogP contribution in [0.4, 0.5) is 13.2 Å². The van der Waals surface area contributed by atoms with Gasteiger partial charge in [-0.25, -0.2) is 4.68 Å². The molecule has 2 aliphatic rings. The number of nitrogens with zero attached hydrogens (tertiary/aromatic N) is 4. The van der Waals surface area contributed by atoms with Gasteiger partial charge in [-0.15, -0.1) is 0 Å². The number of halogens is 3. The van der Waals surface area contributed by atoms with E-state index in [9.17, 15) is 13.2 Å². The summed E-state index contributed by atoms with van der Waals surface area (Å²) in [5.74, 6) is 1.19. The molecule has 5 rings (SSSR count). The van der Waals surface area contributed by atoms with E-state index in [-0.39, 0.29) is 0 Å². The van der Waals surface area contributed by atoms with Gasteiger partial charge in [0.15, 0.2) is 11.5 Å². The van der Waals surface area contributed by atoms with Crippen LogP contribution in [-0.2, 0) is 6.18 Å². The zero-order valence-electron chi connectivity index (χ0n) is 18.6. The second-order valence-electron chi connectivity index (χ2n) is 8.58. The van der Waals surface area contributed by atoms with Gasteiger partial charge in [0.1, 0.15) is 0 Å². The first-order valence-electron chi connectivity index (χ1n) is 11.4. The van der Waals surface area contributed by atoms with Crippen molar-refractivity contribution in [2.24, 2.45) is 10.9 Å². The summed E-state index contributed by atoms with van der Waals surface area (Å²) in [7, 11) is 0. The molecule has 0 unspecified atom stereocenters. The van der Waals surface area contributed by atoms with Gasteiger partial charge in [0.2, 0.25) is 0 Å². The lowest BCUT2D eigenvalue weighted by Gasteiger charge is -2.36. The van der Waals surface area contributed by atoms with E-state index >= 15 is 0 Å². The van der Waals surface area contributed by atoms with E-state index in [0.29, 0.717) is 23.0 Å². The number of hydrogen-bond donors (Lipinski definition) is 0. The van der Waals surface area contributed by atoms with Crippen LogP contribution in [0.2, 0.25) is 0 Å². The largest absolute Gasteiger partial charge is 0.463 e. The van der Waals surface area contributed by atoms with Crippen molar-refractivity contribution in [1.82, 2.24) is 14.7 Å². The lowest BCUT2D eigenvalue weighted by atomic mass is 9.85. The van der Waals surface area contributed by atoms with E-state index in [2.05, 4.69) is 27.6 Å². The highest BCUT2D eigenvalue weighted by atomic mass is 19.4. The molecular formula is C26H25F3N4O. The first-order valence-corrected chi connectivity index (χ1v) is 11.4. The summed E-state index contributed by atoms with van der Waals surface area (Å²) in [6.45, 7) is 6.34. The maximum absolute atomic E-state index is 13.5. The summed E-state index contributed by atoms with van der Waals surface area (Å²) in [6.07, 6.45) is 1.99. The summed E-state index contributed by atoms with van der Waals surface area (Å²) in [5.41, 5.74) is 2.81. The third-order valence-electron chi connectivity index (χ3n) is 6.48. The molecule has 0 amide bonds. The summed E-state index contributed by atoms with van der Waals surface area (Å²) in [5, 5.41) is 3.86. The van der Waals surface area contributed by atoms with Crippen LogP contribution in [0, 0.1) is 5.92 Å². The van der Waals surface area contributed by atoms with Gasteiger partial charge in [0, 0.05) is 19.6 Å². The minimum absolute atomic E-state index is 0.362. The summed E-state index contributed by atoms with van der Waals surface area (Å²) in [4.78, 5) is 6.65. The molecule has 0 bridgehead atoms. The quantitative estimate of drug-likeness (QED) is 0.464. The van der Waals surface area contributed by atoms with Crippen LogP contribution >= 0.6 is 0 Å². The highest BCUT2D eigenvalue weighted by Crippen LogP contribution is 2.35. The molecule has 8 heteroatoms. The number of rotatable bonds is 5. The molecule has 1 aromatic carbocycles. The Labute approximate surface area is 195 Å². The van der Waals surface area contributed by atoms with E-state index in [4.69, 9.17) is 4.42 Å². The Hall–Kier alpha value is -3.55. The van der Waals surface area contributed by atoms with Gasteiger partial charge >= 0.3 is 6.18 Å². The van der Waals surface area contributed by atoms with E-state index in [0.717, 1.165) is 56.4 Å². The molecule has 1 saturated heterocycles. The fourth-order valence-electron chi connectivity index (χ4n) is 4.67. The number of piperidine rings is 1. The molecule has 3 aromatic rings. The van der Waals surface area contributed by atoms with Crippen molar-refractivity contribution in [3.8, 4) is 5.69 Å². The predicted octanol–water partition coefficient (Wildman–Crippen LogP) is 5.99. The Balaban J connectivity index is 1.33. The smallest absolute Gasteiger partial charge is 0.435 e. The number of dihydropyridines is 1. The molecule has 2 aliphatic heterocycles.